The molecule has 0 amide bonds. The van der Waals surface area contributed by atoms with Crippen LogP contribution in [-0.2, 0) is 0 Å². The largest absolute Gasteiger partial charge is 0.206 e. The van der Waals surface area contributed by atoms with Gasteiger partial charge in [-0.25, -0.2) is 4.39 Å². The molecule has 0 N–H and O–H groups in total. The fourth-order valence-electron chi connectivity index (χ4n) is 1.59. The Balaban J connectivity index is 2.47. The Morgan fingerprint density at radius 1 is 1.29 bits per heavy atom. The summed E-state index contributed by atoms with van der Waals surface area (Å²) in [5.74, 6) is -0.292. The second kappa shape index (κ2) is 5.39. The third-order valence-corrected chi connectivity index (χ3v) is 5.33. The summed E-state index contributed by atoms with van der Waals surface area (Å²) in [4.78, 5) is 1.13. The highest BCUT2D eigenvalue weighted by molar-refractivity contribution is 9.11. The molecule has 1 aromatic carbocycles. The van der Waals surface area contributed by atoms with E-state index in [9.17, 15) is 4.39 Å². The minimum absolute atomic E-state index is 0.292. The lowest BCUT2D eigenvalue weighted by molar-refractivity contribution is 0.618. The van der Waals surface area contributed by atoms with E-state index in [1.54, 1.807) is 17.4 Å². The summed E-state index contributed by atoms with van der Waals surface area (Å²) in [5.41, 5.74) is 1.76. The Labute approximate surface area is 125 Å². The molecule has 0 saturated heterocycles. The zero-order valence-electron chi connectivity index (χ0n) is 8.81. The van der Waals surface area contributed by atoms with Gasteiger partial charge in [-0.3, -0.25) is 0 Å². The van der Waals surface area contributed by atoms with Gasteiger partial charge in [0.15, 0.2) is 0 Å². The van der Waals surface area contributed by atoms with Gasteiger partial charge in [-0.2, -0.15) is 0 Å². The molecule has 1 unspecified atom stereocenters. The van der Waals surface area contributed by atoms with Crippen LogP contribution in [0.5, 0.6) is 0 Å². The molecule has 2 rings (SSSR count). The monoisotopic (exact) mass is 396 g/mol. The van der Waals surface area contributed by atoms with Crippen LogP contribution in [0.1, 0.15) is 21.4 Å². The number of hydrogen-bond donors (Lipinski definition) is 0. The first-order valence-corrected chi connectivity index (χ1v) is 7.68. The highest BCUT2D eigenvalue weighted by atomic mass is 79.9. The van der Waals surface area contributed by atoms with Crippen LogP contribution in [0.2, 0.25) is 0 Å². The predicted molar refractivity (Wildman–Crippen MR) is 78.6 cm³/mol. The Morgan fingerprint density at radius 3 is 2.59 bits per heavy atom. The molecule has 17 heavy (non-hydrogen) atoms. The van der Waals surface area contributed by atoms with Crippen molar-refractivity contribution in [2.75, 3.05) is 0 Å². The Bertz CT molecular complexity index is 553. The molecule has 90 valence electrons. The highest BCUT2D eigenvalue weighted by Crippen LogP contribution is 2.40. The van der Waals surface area contributed by atoms with E-state index in [-0.39, 0.29) is 11.2 Å². The number of hydrogen-bond acceptors (Lipinski definition) is 1. The first kappa shape index (κ1) is 13.5. The van der Waals surface area contributed by atoms with Crippen LogP contribution in [-0.4, -0.2) is 0 Å². The van der Waals surface area contributed by atoms with E-state index in [0.29, 0.717) is 4.47 Å². The van der Waals surface area contributed by atoms with E-state index >= 15 is 0 Å². The van der Waals surface area contributed by atoms with Crippen LogP contribution in [0, 0.1) is 12.7 Å². The maximum Gasteiger partial charge on any atom is 0.137 e. The van der Waals surface area contributed by atoms with Crippen molar-refractivity contribution >= 4 is 54.8 Å². The molecular weight excluding hydrogens is 390 g/mol. The summed E-state index contributed by atoms with van der Waals surface area (Å²) in [6.07, 6.45) is 0. The van der Waals surface area contributed by atoms with Crippen molar-refractivity contribution in [1.82, 2.24) is 0 Å². The quantitative estimate of drug-likeness (QED) is 0.540. The molecule has 0 saturated carbocycles. The first-order chi connectivity index (χ1) is 8.00. The van der Waals surface area contributed by atoms with Gasteiger partial charge in [0, 0.05) is 4.88 Å². The molecule has 2 aromatic rings. The van der Waals surface area contributed by atoms with Gasteiger partial charge in [-0.05, 0) is 62.0 Å². The van der Waals surface area contributed by atoms with Crippen LogP contribution in [0.3, 0.4) is 0 Å². The highest BCUT2D eigenvalue weighted by Gasteiger charge is 2.19. The second-order valence-electron chi connectivity index (χ2n) is 3.57. The molecule has 0 spiro atoms. The standard InChI is InChI=1S/C12H8Br2ClFS/c1-6-8(5-10(13)17-6)12(15)7-3-2-4-9(16)11(7)14/h2-5,12H,1H3. The normalized spacial score (nSPS) is 12.8. The Kier molecular flexibility index (Phi) is 4.29. The third-order valence-electron chi connectivity index (χ3n) is 2.45. The minimum atomic E-state index is -0.345. The summed E-state index contributed by atoms with van der Waals surface area (Å²) in [6.45, 7) is 2.01. The topological polar surface area (TPSA) is 0 Å². The van der Waals surface area contributed by atoms with Crippen LogP contribution in [0.4, 0.5) is 4.39 Å². The summed E-state index contributed by atoms with van der Waals surface area (Å²) in [7, 11) is 0. The Morgan fingerprint density at radius 2 is 2.00 bits per heavy atom. The number of aryl methyl sites for hydroxylation is 1. The van der Waals surface area contributed by atoms with Crippen molar-refractivity contribution in [2.45, 2.75) is 12.3 Å². The van der Waals surface area contributed by atoms with Gasteiger partial charge in [0.1, 0.15) is 5.82 Å². The zero-order chi connectivity index (χ0) is 12.6. The summed E-state index contributed by atoms with van der Waals surface area (Å²) < 4.78 is 14.9. The van der Waals surface area contributed by atoms with E-state index in [1.165, 1.54) is 6.07 Å². The number of benzene rings is 1. The molecule has 0 bridgehead atoms. The van der Waals surface area contributed by atoms with Gasteiger partial charge in [-0.1, -0.05) is 12.1 Å². The lowest BCUT2D eigenvalue weighted by Gasteiger charge is -2.12. The fourth-order valence-corrected chi connectivity index (χ4v) is 4.44. The van der Waals surface area contributed by atoms with E-state index < -0.39 is 0 Å². The van der Waals surface area contributed by atoms with Crippen molar-refractivity contribution < 1.29 is 4.39 Å². The molecule has 0 aliphatic carbocycles. The van der Waals surface area contributed by atoms with Crippen molar-refractivity contribution in [3.63, 3.8) is 0 Å². The average molecular weight is 399 g/mol. The lowest BCUT2D eigenvalue weighted by atomic mass is 10.1. The first-order valence-electron chi connectivity index (χ1n) is 4.84. The molecule has 1 aromatic heterocycles. The van der Waals surface area contributed by atoms with Crippen molar-refractivity contribution in [1.29, 1.82) is 0 Å². The maximum atomic E-state index is 13.4. The number of thiophene rings is 1. The van der Waals surface area contributed by atoms with E-state index in [2.05, 4.69) is 31.9 Å². The molecule has 0 fully saturated rings. The van der Waals surface area contributed by atoms with Gasteiger partial charge in [-0.15, -0.1) is 22.9 Å². The lowest BCUT2D eigenvalue weighted by Crippen LogP contribution is -1.96. The van der Waals surface area contributed by atoms with Crippen molar-refractivity contribution in [2.24, 2.45) is 0 Å². The zero-order valence-corrected chi connectivity index (χ0v) is 13.6. The van der Waals surface area contributed by atoms with Crippen LogP contribution in [0.15, 0.2) is 32.5 Å². The third kappa shape index (κ3) is 2.75. The van der Waals surface area contributed by atoms with Crippen molar-refractivity contribution in [3.05, 3.63) is 54.3 Å². The molecule has 0 radical (unpaired) electrons. The van der Waals surface area contributed by atoms with E-state index in [1.807, 2.05) is 19.1 Å². The Hall–Kier alpha value is 0.1000. The molecular formula is C12H8Br2ClFS. The van der Waals surface area contributed by atoms with E-state index in [0.717, 1.165) is 19.8 Å². The van der Waals surface area contributed by atoms with Crippen LogP contribution >= 0.6 is 54.8 Å². The maximum absolute atomic E-state index is 13.4. The fraction of sp³-hybridized carbons (Fsp3) is 0.167. The van der Waals surface area contributed by atoms with Crippen LogP contribution in [0.25, 0.3) is 0 Å². The van der Waals surface area contributed by atoms with Gasteiger partial charge in [0.25, 0.3) is 0 Å². The summed E-state index contributed by atoms with van der Waals surface area (Å²) in [5, 5.41) is -0.345. The molecule has 1 atom stereocenters. The SMILES string of the molecule is Cc1sc(Br)cc1C(Cl)c1cccc(F)c1Br. The van der Waals surface area contributed by atoms with Gasteiger partial charge < -0.3 is 0 Å². The number of alkyl halides is 1. The number of rotatable bonds is 2. The van der Waals surface area contributed by atoms with Gasteiger partial charge in [0.2, 0.25) is 0 Å². The van der Waals surface area contributed by atoms with Crippen molar-refractivity contribution in [3.8, 4) is 0 Å². The van der Waals surface area contributed by atoms with Gasteiger partial charge in [0.05, 0.1) is 13.6 Å². The smallest absolute Gasteiger partial charge is 0.137 e. The minimum Gasteiger partial charge on any atom is -0.206 e. The van der Waals surface area contributed by atoms with E-state index in [4.69, 9.17) is 11.6 Å². The van der Waals surface area contributed by atoms with Crippen LogP contribution < -0.4 is 0 Å². The summed E-state index contributed by atoms with van der Waals surface area (Å²) in [6, 6.07) is 6.89. The molecule has 0 nitrogen and oxygen atoms in total. The number of halogens is 4. The second-order valence-corrected chi connectivity index (χ2v) is 7.43. The molecule has 0 aliphatic rings. The molecule has 0 aliphatic heterocycles. The molecule has 1 heterocycles. The summed E-state index contributed by atoms with van der Waals surface area (Å²) >= 11 is 14.7. The average Bonchev–Trinajstić information content (AvgIpc) is 2.61. The molecule has 5 heteroatoms. The predicted octanol–water partition coefficient (Wildman–Crippen LogP) is 6.05. The van der Waals surface area contributed by atoms with Gasteiger partial charge >= 0.3 is 0 Å².